The van der Waals surface area contributed by atoms with Crippen molar-refractivity contribution < 1.29 is 14.3 Å². The molecule has 0 atom stereocenters. The number of carboxylic acids is 1. The number of carboxylic acid groups (broad SMARTS) is 1. The summed E-state index contributed by atoms with van der Waals surface area (Å²) in [7, 11) is 0. The lowest BCUT2D eigenvalue weighted by Crippen LogP contribution is -1.94. The number of aromatic carboxylic acids is 1. The van der Waals surface area contributed by atoms with Gasteiger partial charge >= 0.3 is 5.97 Å². The quantitative estimate of drug-likeness (QED) is 0.807. The molecule has 1 N–H and O–H groups in total. The summed E-state index contributed by atoms with van der Waals surface area (Å²) in [6, 6.07) is 6.40. The number of benzene rings is 1. The summed E-state index contributed by atoms with van der Waals surface area (Å²) in [6.45, 7) is 2.14. The Labute approximate surface area is 111 Å². The van der Waals surface area contributed by atoms with Gasteiger partial charge < -0.3 is 9.52 Å². The number of aryl methyl sites for hydroxylation is 1. The molecular formula is C14H16N2O3. The fraction of sp³-hybridized carbons (Fsp3) is 0.357. The minimum absolute atomic E-state index is 0.242. The number of unbranched alkanes of at least 4 members (excludes halogenated alkanes) is 2. The first-order valence-electron chi connectivity index (χ1n) is 6.37. The van der Waals surface area contributed by atoms with E-state index < -0.39 is 5.97 Å². The Kier molecular flexibility index (Phi) is 4.28. The van der Waals surface area contributed by atoms with E-state index >= 15 is 0 Å². The van der Waals surface area contributed by atoms with Gasteiger partial charge in [0.05, 0.1) is 5.56 Å². The molecule has 0 fully saturated rings. The molecule has 100 valence electrons. The van der Waals surface area contributed by atoms with Crippen LogP contribution in [0.3, 0.4) is 0 Å². The topological polar surface area (TPSA) is 76.2 Å². The molecule has 0 amide bonds. The van der Waals surface area contributed by atoms with Gasteiger partial charge in [0.2, 0.25) is 11.8 Å². The average Bonchev–Trinajstić information content (AvgIpc) is 2.88. The van der Waals surface area contributed by atoms with Gasteiger partial charge in [-0.2, -0.15) is 0 Å². The van der Waals surface area contributed by atoms with E-state index in [2.05, 4.69) is 17.1 Å². The Hall–Kier alpha value is -2.17. The van der Waals surface area contributed by atoms with Crippen LogP contribution in [0.25, 0.3) is 11.5 Å². The van der Waals surface area contributed by atoms with Crippen LogP contribution in [0.5, 0.6) is 0 Å². The molecule has 0 unspecified atom stereocenters. The van der Waals surface area contributed by atoms with E-state index in [4.69, 9.17) is 9.52 Å². The molecule has 0 aliphatic rings. The minimum atomic E-state index is -0.947. The molecule has 0 saturated heterocycles. The smallest absolute Gasteiger partial charge is 0.335 e. The third kappa shape index (κ3) is 3.40. The predicted octanol–water partition coefficient (Wildman–Crippen LogP) is 3.17. The summed E-state index contributed by atoms with van der Waals surface area (Å²) in [5.74, 6) is 0.117. The van der Waals surface area contributed by atoms with Gasteiger partial charge in [0.25, 0.3) is 0 Å². The van der Waals surface area contributed by atoms with Crippen LogP contribution in [-0.2, 0) is 6.42 Å². The zero-order chi connectivity index (χ0) is 13.7. The third-order valence-electron chi connectivity index (χ3n) is 2.84. The van der Waals surface area contributed by atoms with Gasteiger partial charge in [-0.05, 0) is 30.7 Å². The molecule has 0 aliphatic carbocycles. The van der Waals surface area contributed by atoms with Crippen LogP contribution in [0.2, 0.25) is 0 Å². The summed E-state index contributed by atoms with van der Waals surface area (Å²) < 4.78 is 5.55. The van der Waals surface area contributed by atoms with Crippen LogP contribution in [0.15, 0.2) is 28.7 Å². The highest BCUT2D eigenvalue weighted by molar-refractivity contribution is 5.88. The van der Waals surface area contributed by atoms with Gasteiger partial charge in [0.15, 0.2) is 0 Å². The summed E-state index contributed by atoms with van der Waals surface area (Å²) in [4.78, 5) is 10.7. The van der Waals surface area contributed by atoms with E-state index in [1.807, 2.05) is 0 Å². The number of hydrogen-bond donors (Lipinski definition) is 1. The van der Waals surface area contributed by atoms with E-state index in [0.29, 0.717) is 11.8 Å². The van der Waals surface area contributed by atoms with E-state index in [1.165, 1.54) is 12.1 Å². The van der Waals surface area contributed by atoms with E-state index in [1.54, 1.807) is 12.1 Å². The maximum absolute atomic E-state index is 10.7. The summed E-state index contributed by atoms with van der Waals surface area (Å²) in [6.07, 6.45) is 4.12. The molecule has 0 bridgehead atoms. The van der Waals surface area contributed by atoms with Crippen molar-refractivity contribution >= 4 is 5.97 Å². The van der Waals surface area contributed by atoms with Crippen molar-refractivity contribution in [2.75, 3.05) is 0 Å². The highest BCUT2D eigenvalue weighted by Gasteiger charge is 2.09. The fourth-order valence-electron chi connectivity index (χ4n) is 1.75. The van der Waals surface area contributed by atoms with Crippen molar-refractivity contribution in [3.05, 3.63) is 35.7 Å². The summed E-state index contributed by atoms with van der Waals surface area (Å²) in [5, 5.41) is 16.8. The Balaban J connectivity index is 2.07. The number of nitrogens with zero attached hydrogens (tertiary/aromatic N) is 2. The highest BCUT2D eigenvalue weighted by Crippen LogP contribution is 2.19. The molecule has 0 aliphatic heterocycles. The molecule has 0 radical (unpaired) electrons. The fourth-order valence-corrected chi connectivity index (χ4v) is 1.75. The summed E-state index contributed by atoms with van der Waals surface area (Å²) >= 11 is 0. The first-order valence-corrected chi connectivity index (χ1v) is 6.37. The molecular weight excluding hydrogens is 244 g/mol. The molecule has 0 saturated carbocycles. The summed E-state index contributed by atoms with van der Waals surface area (Å²) in [5.41, 5.74) is 0.977. The number of hydrogen-bond acceptors (Lipinski definition) is 4. The zero-order valence-electron chi connectivity index (χ0n) is 10.8. The van der Waals surface area contributed by atoms with Gasteiger partial charge in [-0.15, -0.1) is 10.2 Å². The first kappa shape index (κ1) is 13.3. The van der Waals surface area contributed by atoms with Crippen molar-refractivity contribution in [3.8, 4) is 11.5 Å². The van der Waals surface area contributed by atoms with Gasteiger partial charge in [0, 0.05) is 12.0 Å². The first-order chi connectivity index (χ1) is 9.20. The van der Waals surface area contributed by atoms with Crippen LogP contribution in [0.4, 0.5) is 0 Å². The van der Waals surface area contributed by atoms with E-state index in [0.717, 1.165) is 31.2 Å². The normalized spacial score (nSPS) is 10.6. The number of carbonyl (C=O) groups is 1. The molecule has 1 aromatic heterocycles. The zero-order valence-corrected chi connectivity index (χ0v) is 10.8. The molecule has 2 aromatic rings. The largest absolute Gasteiger partial charge is 0.478 e. The van der Waals surface area contributed by atoms with Crippen LogP contribution in [-0.4, -0.2) is 21.3 Å². The Morgan fingerprint density at radius 1 is 1.21 bits per heavy atom. The second kappa shape index (κ2) is 6.13. The van der Waals surface area contributed by atoms with Crippen molar-refractivity contribution in [2.45, 2.75) is 32.6 Å². The van der Waals surface area contributed by atoms with Crippen LogP contribution in [0.1, 0.15) is 42.4 Å². The standard InChI is InChI=1S/C14H16N2O3/c1-2-3-4-5-12-15-16-13(19-12)10-6-8-11(9-7-10)14(17)18/h6-9H,2-5H2,1H3,(H,17,18). The van der Waals surface area contributed by atoms with Crippen molar-refractivity contribution in [1.29, 1.82) is 0 Å². The number of aromatic nitrogens is 2. The molecule has 5 heteroatoms. The molecule has 1 aromatic carbocycles. The van der Waals surface area contributed by atoms with Gasteiger partial charge in [0.1, 0.15) is 0 Å². The molecule has 19 heavy (non-hydrogen) atoms. The Bertz CT molecular complexity index is 546. The highest BCUT2D eigenvalue weighted by atomic mass is 16.4. The SMILES string of the molecule is CCCCCc1nnc(-c2ccc(C(=O)O)cc2)o1. The lowest BCUT2D eigenvalue weighted by molar-refractivity contribution is 0.0697. The Morgan fingerprint density at radius 3 is 2.58 bits per heavy atom. The van der Waals surface area contributed by atoms with Crippen LogP contribution >= 0.6 is 0 Å². The maximum Gasteiger partial charge on any atom is 0.335 e. The number of rotatable bonds is 6. The lowest BCUT2D eigenvalue weighted by Gasteiger charge is -1.96. The molecule has 2 rings (SSSR count). The van der Waals surface area contributed by atoms with Crippen LogP contribution in [0, 0.1) is 0 Å². The second-order valence-corrected chi connectivity index (χ2v) is 4.34. The monoisotopic (exact) mass is 260 g/mol. The van der Waals surface area contributed by atoms with Gasteiger partial charge in [-0.3, -0.25) is 0 Å². The Morgan fingerprint density at radius 2 is 1.95 bits per heavy atom. The van der Waals surface area contributed by atoms with Crippen molar-refractivity contribution in [1.82, 2.24) is 10.2 Å². The van der Waals surface area contributed by atoms with E-state index in [9.17, 15) is 4.79 Å². The van der Waals surface area contributed by atoms with E-state index in [-0.39, 0.29) is 5.56 Å². The van der Waals surface area contributed by atoms with Crippen molar-refractivity contribution in [3.63, 3.8) is 0 Å². The van der Waals surface area contributed by atoms with Gasteiger partial charge in [-0.1, -0.05) is 19.8 Å². The molecule has 1 heterocycles. The minimum Gasteiger partial charge on any atom is -0.478 e. The van der Waals surface area contributed by atoms with Crippen LogP contribution < -0.4 is 0 Å². The average molecular weight is 260 g/mol. The second-order valence-electron chi connectivity index (χ2n) is 4.34. The maximum atomic E-state index is 10.7. The molecule has 0 spiro atoms. The van der Waals surface area contributed by atoms with Gasteiger partial charge in [-0.25, -0.2) is 4.79 Å². The third-order valence-corrected chi connectivity index (χ3v) is 2.84. The predicted molar refractivity (Wildman–Crippen MR) is 69.9 cm³/mol. The van der Waals surface area contributed by atoms with Crippen molar-refractivity contribution in [2.24, 2.45) is 0 Å². The molecule has 5 nitrogen and oxygen atoms in total. The lowest BCUT2D eigenvalue weighted by atomic mass is 10.1.